The van der Waals surface area contributed by atoms with E-state index >= 15 is 0 Å². The number of thiazole rings is 1. The topological polar surface area (TPSA) is 109 Å². The lowest BCUT2D eigenvalue weighted by Gasteiger charge is -2.06. The third-order valence-electron chi connectivity index (χ3n) is 3.70. The molecule has 0 fully saturated rings. The second kappa shape index (κ2) is 7.06. The molecule has 3 heterocycles. The van der Waals surface area contributed by atoms with Gasteiger partial charge in [0.25, 0.3) is 5.91 Å². The lowest BCUT2D eigenvalue weighted by Crippen LogP contribution is -2.11. The van der Waals surface area contributed by atoms with E-state index in [1.165, 1.54) is 11.3 Å². The van der Waals surface area contributed by atoms with Gasteiger partial charge in [-0.15, -0.1) is 16.4 Å². The number of benzene rings is 1. The fraction of sp³-hybridized carbons (Fsp3) is 0.0588. The first kappa shape index (κ1) is 17.0. The summed E-state index contributed by atoms with van der Waals surface area (Å²) in [4.78, 5) is 16.9. The summed E-state index contributed by atoms with van der Waals surface area (Å²) >= 11 is 2.51. The van der Waals surface area contributed by atoms with Gasteiger partial charge >= 0.3 is 0 Å². The van der Waals surface area contributed by atoms with E-state index in [1.807, 2.05) is 5.38 Å². The first-order valence-electron chi connectivity index (χ1n) is 7.76. The van der Waals surface area contributed by atoms with Crippen LogP contribution >= 0.6 is 22.9 Å². The van der Waals surface area contributed by atoms with Crippen molar-refractivity contribution in [2.75, 3.05) is 5.32 Å². The number of hydrogen-bond acceptors (Lipinski definition) is 8. The molecule has 4 aromatic rings. The summed E-state index contributed by atoms with van der Waals surface area (Å²) in [6, 6.07) is 10.9. The first-order chi connectivity index (χ1) is 13.2. The highest BCUT2D eigenvalue weighted by molar-refractivity contribution is 7.13. The Labute approximate surface area is 161 Å². The summed E-state index contributed by atoms with van der Waals surface area (Å²) in [6.45, 7) is 1.74. The van der Waals surface area contributed by atoms with Crippen LogP contribution < -0.4 is 5.32 Å². The molecule has 132 valence electrons. The largest absolute Gasteiger partial charge is 0.321 e. The van der Waals surface area contributed by atoms with E-state index < -0.39 is 0 Å². The van der Waals surface area contributed by atoms with Crippen molar-refractivity contribution in [3.8, 4) is 22.5 Å². The van der Waals surface area contributed by atoms with E-state index in [0.717, 1.165) is 16.5 Å². The van der Waals surface area contributed by atoms with Crippen LogP contribution in [0.5, 0.6) is 0 Å². The van der Waals surface area contributed by atoms with Crippen LogP contribution in [0.3, 0.4) is 0 Å². The van der Waals surface area contributed by atoms with Crippen LogP contribution in [-0.2, 0) is 0 Å². The predicted molar refractivity (Wildman–Crippen MR) is 102 cm³/mol. The molecule has 0 atom stereocenters. The number of anilines is 1. The maximum atomic E-state index is 12.2. The Morgan fingerprint density at radius 2 is 2.11 bits per heavy atom. The molecule has 1 amide bonds. The van der Waals surface area contributed by atoms with Crippen LogP contribution in [0.25, 0.3) is 16.4 Å². The Hall–Kier alpha value is -3.42. The number of carbonyl (C=O) groups is 1. The maximum absolute atomic E-state index is 12.2. The van der Waals surface area contributed by atoms with Crippen molar-refractivity contribution in [3.05, 3.63) is 58.2 Å². The van der Waals surface area contributed by atoms with Gasteiger partial charge in [-0.1, -0.05) is 4.49 Å². The van der Waals surface area contributed by atoms with Crippen molar-refractivity contribution in [1.29, 1.82) is 5.26 Å². The average molecular weight is 393 g/mol. The van der Waals surface area contributed by atoms with Crippen LogP contribution in [0.2, 0.25) is 0 Å². The van der Waals surface area contributed by atoms with Crippen LogP contribution in [-0.4, -0.2) is 30.3 Å². The van der Waals surface area contributed by atoms with E-state index in [-0.39, 0.29) is 5.91 Å². The molecule has 0 aliphatic rings. The van der Waals surface area contributed by atoms with Crippen molar-refractivity contribution in [2.24, 2.45) is 0 Å². The molecule has 0 spiro atoms. The molecule has 0 aliphatic heterocycles. The van der Waals surface area contributed by atoms with Gasteiger partial charge in [-0.25, -0.2) is 9.67 Å². The lowest BCUT2D eigenvalue weighted by molar-refractivity contribution is 0.103. The average Bonchev–Trinajstić information content (AvgIpc) is 3.42. The molecule has 0 unspecified atom stereocenters. The van der Waals surface area contributed by atoms with Gasteiger partial charge in [0, 0.05) is 23.3 Å². The van der Waals surface area contributed by atoms with Crippen LogP contribution in [0.15, 0.2) is 41.9 Å². The number of nitrogens with one attached hydrogen (secondary N) is 1. The van der Waals surface area contributed by atoms with E-state index in [1.54, 1.807) is 48.1 Å². The predicted octanol–water partition coefficient (Wildman–Crippen LogP) is 3.28. The Kier molecular flexibility index (Phi) is 4.45. The van der Waals surface area contributed by atoms with Gasteiger partial charge in [0.1, 0.15) is 27.3 Å². The third kappa shape index (κ3) is 3.33. The van der Waals surface area contributed by atoms with Gasteiger partial charge in [-0.05, 0) is 42.7 Å². The smallest absolute Gasteiger partial charge is 0.269 e. The number of amides is 1. The van der Waals surface area contributed by atoms with Crippen LogP contribution in [0.4, 0.5) is 5.69 Å². The highest BCUT2D eigenvalue weighted by atomic mass is 32.1. The number of nitriles is 1. The van der Waals surface area contributed by atoms with Gasteiger partial charge in [0.2, 0.25) is 0 Å². The van der Waals surface area contributed by atoms with Crippen molar-refractivity contribution in [1.82, 2.24) is 24.4 Å². The second-order valence-corrected chi connectivity index (χ2v) is 7.11. The Bertz CT molecular complexity index is 1140. The number of hydrogen-bond donors (Lipinski definition) is 1. The number of aromatic nitrogens is 5. The van der Waals surface area contributed by atoms with E-state index in [2.05, 4.69) is 31.1 Å². The lowest BCUT2D eigenvalue weighted by atomic mass is 10.2. The fourth-order valence-electron chi connectivity index (χ4n) is 2.43. The minimum atomic E-state index is -0.252. The minimum absolute atomic E-state index is 0.252. The highest BCUT2D eigenvalue weighted by Gasteiger charge is 2.15. The zero-order valence-corrected chi connectivity index (χ0v) is 15.6. The fourth-order valence-corrected chi connectivity index (χ4v) is 3.57. The van der Waals surface area contributed by atoms with Gasteiger partial charge in [-0.2, -0.15) is 10.4 Å². The summed E-state index contributed by atoms with van der Waals surface area (Å²) in [5.74, 6) is -0.252. The molecular formula is C17H11N7OS2. The summed E-state index contributed by atoms with van der Waals surface area (Å²) in [5, 5.41) is 23.1. The molecule has 3 aromatic heterocycles. The maximum Gasteiger partial charge on any atom is 0.269 e. The van der Waals surface area contributed by atoms with Crippen molar-refractivity contribution in [3.63, 3.8) is 0 Å². The zero-order chi connectivity index (χ0) is 18.8. The number of nitrogens with zero attached hydrogens (tertiary/aromatic N) is 6. The molecule has 0 saturated carbocycles. The Morgan fingerprint density at radius 3 is 2.74 bits per heavy atom. The summed E-state index contributed by atoms with van der Waals surface area (Å²) in [7, 11) is 0. The summed E-state index contributed by atoms with van der Waals surface area (Å²) < 4.78 is 5.32. The summed E-state index contributed by atoms with van der Waals surface area (Å²) in [6.07, 6.45) is 1.70. The van der Waals surface area contributed by atoms with Crippen LogP contribution in [0, 0.1) is 18.3 Å². The third-order valence-corrected chi connectivity index (χ3v) is 5.33. The summed E-state index contributed by atoms with van der Waals surface area (Å²) in [5.41, 5.74) is 2.99. The van der Waals surface area contributed by atoms with Crippen LogP contribution in [0.1, 0.15) is 21.1 Å². The zero-order valence-electron chi connectivity index (χ0n) is 13.9. The molecule has 0 saturated heterocycles. The Balaban J connectivity index is 1.59. The van der Waals surface area contributed by atoms with Crippen molar-refractivity contribution in [2.45, 2.75) is 6.92 Å². The molecule has 27 heavy (non-hydrogen) atoms. The number of aryl methyl sites for hydroxylation is 1. The quantitative estimate of drug-likeness (QED) is 0.570. The van der Waals surface area contributed by atoms with Gasteiger partial charge in [0.05, 0.1) is 11.4 Å². The standard InChI is InChI=1S/C17H11N7OS2/c1-10-15(27-23-21-10)16(25)20-11-2-4-12(5-3-11)24-13(9-18)8-14(22-24)17-19-6-7-26-17/h2-8H,1H3,(H,20,25). The molecule has 10 heteroatoms. The molecule has 0 aliphatic carbocycles. The SMILES string of the molecule is Cc1nnsc1C(=O)Nc1ccc(-n2nc(-c3nccs3)cc2C#N)cc1. The number of rotatable bonds is 4. The highest BCUT2D eigenvalue weighted by Crippen LogP contribution is 2.24. The van der Waals surface area contributed by atoms with Gasteiger partial charge in [0.15, 0.2) is 0 Å². The van der Waals surface area contributed by atoms with Crippen molar-refractivity contribution < 1.29 is 4.79 Å². The van der Waals surface area contributed by atoms with E-state index in [0.29, 0.717) is 33.3 Å². The normalized spacial score (nSPS) is 10.5. The minimum Gasteiger partial charge on any atom is -0.321 e. The van der Waals surface area contributed by atoms with E-state index in [4.69, 9.17) is 0 Å². The molecule has 0 bridgehead atoms. The number of carbonyl (C=O) groups excluding carboxylic acids is 1. The second-order valence-electron chi connectivity index (χ2n) is 5.46. The van der Waals surface area contributed by atoms with E-state index in [9.17, 15) is 10.1 Å². The van der Waals surface area contributed by atoms with Gasteiger partial charge < -0.3 is 5.32 Å². The first-order valence-corrected chi connectivity index (χ1v) is 9.42. The molecule has 8 nitrogen and oxygen atoms in total. The Morgan fingerprint density at radius 1 is 1.30 bits per heavy atom. The van der Waals surface area contributed by atoms with Gasteiger partial charge in [-0.3, -0.25) is 4.79 Å². The molecule has 1 aromatic carbocycles. The molecule has 0 radical (unpaired) electrons. The van der Waals surface area contributed by atoms with Crippen molar-refractivity contribution >= 4 is 34.5 Å². The molecule has 1 N–H and O–H groups in total. The molecule has 4 rings (SSSR count). The monoisotopic (exact) mass is 393 g/mol. The molecular weight excluding hydrogens is 382 g/mol.